The van der Waals surface area contributed by atoms with Crippen molar-refractivity contribution < 1.29 is 13.9 Å². The Morgan fingerprint density at radius 3 is 2.76 bits per heavy atom. The van der Waals surface area contributed by atoms with Gasteiger partial charge in [-0.3, -0.25) is 4.98 Å². The van der Waals surface area contributed by atoms with Crippen molar-refractivity contribution in [3.8, 4) is 11.1 Å². The molecule has 0 saturated carbocycles. The van der Waals surface area contributed by atoms with Crippen LogP contribution in [0.2, 0.25) is 0 Å². The molecule has 0 atom stereocenters. The second-order valence-electron chi connectivity index (χ2n) is 4.59. The highest BCUT2D eigenvalue weighted by Crippen LogP contribution is 2.30. The minimum atomic E-state index is -0.415. The number of esters is 1. The average molecular weight is 281 g/mol. The van der Waals surface area contributed by atoms with Gasteiger partial charge in [-0.15, -0.1) is 0 Å². The molecular weight excluding hydrogens is 269 g/mol. The molecule has 0 spiro atoms. The van der Waals surface area contributed by atoms with E-state index in [0.29, 0.717) is 11.1 Å². The molecule has 0 fully saturated rings. The first-order valence-corrected chi connectivity index (χ1v) is 6.41. The van der Waals surface area contributed by atoms with Crippen LogP contribution in [0.5, 0.6) is 0 Å². The number of methoxy groups -OCH3 is 1. The summed E-state index contributed by atoms with van der Waals surface area (Å²) in [6, 6.07) is 12.5. The summed E-state index contributed by atoms with van der Waals surface area (Å²) in [5.74, 6) is -0.810. The normalized spacial score (nSPS) is 10.6. The number of hydrogen-bond donors (Lipinski definition) is 0. The first kappa shape index (κ1) is 13.2. The van der Waals surface area contributed by atoms with Crippen LogP contribution in [0.3, 0.4) is 0 Å². The van der Waals surface area contributed by atoms with Gasteiger partial charge >= 0.3 is 5.97 Å². The summed E-state index contributed by atoms with van der Waals surface area (Å²) in [7, 11) is 1.33. The van der Waals surface area contributed by atoms with Gasteiger partial charge in [0.05, 0.1) is 18.9 Å². The molecule has 104 valence electrons. The number of rotatable bonds is 2. The summed E-state index contributed by atoms with van der Waals surface area (Å²) in [5.41, 5.74) is 1.61. The first-order chi connectivity index (χ1) is 10.2. The number of ether oxygens (including phenoxy) is 1. The Hall–Kier alpha value is -2.75. The lowest BCUT2D eigenvalue weighted by Crippen LogP contribution is -2.00. The summed E-state index contributed by atoms with van der Waals surface area (Å²) in [5, 5.41) is 1.72. The van der Waals surface area contributed by atoms with E-state index in [4.69, 9.17) is 4.74 Å². The highest BCUT2D eigenvalue weighted by molar-refractivity contribution is 6.01. The molecule has 3 nitrogen and oxygen atoms in total. The molecule has 0 aliphatic carbocycles. The van der Waals surface area contributed by atoms with Gasteiger partial charge in [0.15, 0.2) is 0 Å². The van der Waals surface area contributed by atoms with E-state index in [1.807, 2.05) is 24.3 Å². The fraction of sp³-hybridized carbons (Fsp3) is 0.0588. The van der Waals surface area contributed by atoms with Gasteiger partial charge in [-0.25, -0.2) is 9.18 Å². The van der Waals surface area contributed by atoms with Crippen molar-refractivity contribution in [3.63, 3.8) is 0 Å². The monoisotopic (exact) mass is 281 g/mol. The number of aromatic nitrogens is 1. The molecular formula is C17H12FNO2. The van der Waals surface area contributed by atoms with Crippen LogP contribution < -0.4 is 0 Å². The minimum Gasteiger partial charge on any atom is -0.465 e. The van der Waals surface area contributed by atoms with E-state index >= 15 is 0 Å². The molecule has 3 rings (SSSR count). The Morgan fingerprint density at radius 2 is 2.00 bits per heavy atom. The van der Waals surface area contributed by atoms with Crippen LogP contribution in [-0.4, -0.2) is 18.1 Å². The fourth-order valence-corrected chi connectivity index (χ4v) is 2.35. The topological polar surface area (TPSA) is 39.2 Å². The van der Waals surface area contributed by atoms with Crippen LogP contribution in [-0.2, 0) is 4.74 Å². The van der Waals surface area contributed by atoms with Crippen LogP contribution in [0, 0.1) is 5.82 Å². The first-order valence-electron chi connectivity index (χ1n) is 6.41. The Bertz CT molecular complexity index is 830. The quantitative estimate of drug-likeness (QED) is 0.670. The molecule has 0 amide bonds. The van der Waals surface area contributed by atoms with E-state index in [9.17, 15) is 9.18 Å². The van der Waals surface area contributed by atoms with Gasteiger partial charge in [0.1, 0.15) is 5.82 Å². The summed E-state index contributed by atoms with van der Waals surface area (Å²) in [4.78, 5) is 15.4. The minimum absolute atomic E-state index is 0.395. The van der Waals surface area contributed by atoms with Crippen molar-refractivity contribution in [3.05, 3.63) is 66.2 Å². The van der Waals surface area contributed by atoms with E-state index in [-0.39, 0.29) is 0 Å². The van der Waals surface area contributed by atoms with Crippen LogP contribution >= 0.6 is 0 Å². The molecule has 0 radical (unpaired) electrons. The number of nitrogens with zero attached hydrogens (tertiary/aromatic N) is 1. The number of carbonyl (C=O) groups excluding carboxylic acids is 1. The van der Waals surface area contributed by atoms with Gasteiger partial charge in [0.25, 0.3) is 0 Å². The van der Waals surface area contributed by atoms with E-state index < -0.39 is 11.8 Å². The Kier molecular flexibility index (Phi) is 3.36. The van der Waals surface area contributed by atoms with Crippen LogP contribution in [0.15, 0.2) is 54.9 Å². The number of halogens is 1. The number of pyridine rings is 1. The SMILES string of the molecule is COC(=O)c1ccc2cccc(-c3ccncc3F)c2c1. The van der Waals surface area contributed by atoms with Gasteiger partial charge in [0.2, 0.25) is 0 Å². The van der Waals surface area contributed by atoms with Crippen molar-refractivity contribution in [2.75, 3.05) is 7.11 Å². The Labute approximate surface area is 121 Å². The molecule has 0 bridgehead atoms. The number of hydrogen-bond acceptors (Lipinski definition) is 3. The standard InChI is InChI=1S/C17H12FNO2/c1-21-17(20)12-6-5-11-3-2-4-13(15(11)9-12)14-7-8-19-10-16(14)18/h2-10H,1H3. The van der Waals surface area contributed by atoms with Crippen LogP contribution in [0.25, 0.3) is 21.9 Å². The second kappa shape index (κ2) is 5.32. The van der Waals surface area contributed by atoms with Gasteiger partial charge in [-0.1, -0.05) is 24.3 Å². The number of benzene rings is 2. The molecule has 4 heteroatoms. The fourth-order valence-electron chi connectivity index (χ4n) is 2.35. The van der Waals surface area contributed by atoms with Crippen molar-refractivity contribution in [1.29, 1.82) is 0 Å². The highest BCUT2D eigenvalue weighted by atomic mass is 19.1. The summed E-state index contributed by atoms with van der Waals surface area (Å²) in [6.45, 7) is 0. The van der Waals surface area contributed by atoms with E-state index in [2.05, 4.69) is 4.98 Å². The van der Waals surface area contributed by atoms with Gasteiger partial charge in [0, 0.05) is 11.8 Å². The third-order valence-corrected chi connectivity index (χ3v) is 3.37. The van der Waals surface area contributed by atoms with Crippen molar-refractivity contribution in [2.24, 2.45) is 0 Å². The molecule has 1 heterocycles. The van der Waals surface area contributed by atoms with Crippen LogP contribution in [0.1, 0.15) is 10.4 Å². The zero-order chi connectivity index (χ0) is 14.8. The molecule has 0 N–H and O–H groups in total. The Balaban J connectivity index is 2.28. The lowest BCUT2D eigenvalue weighted by molar-refractivity contribution is 0.0601. The predicted molar refractivity (Wildman–Crippen MR) is 78.5 cm³/mol. The molecule has 21 heavy (non-hydrogen) atoms. The predicted octanol–water partition coefficient (Wildman–Crippen LogP) is 3.83. The van der Waals surface area contributed by atoms with E-state index in [1.165, 1.54) is 13.3 Å². The zero-order valence-electron chi connectivity index (χ0n) is 11.3. The number of fused-ring (bicyclic) bond motifs is 1. The maximum Gasteiger partial charge on any atom is 0.337 e. The van der Waals surface area contributed by atoms with E-state index in [1.54, 1.807) is 24.4 Å². The molecule has 2 aromatic carbocycles. The lowest BCUT2D eigenvalue weighted by Gasteiger charge is -2.09. The molecule has 0 saturated heterocycles. The summed E-state index contributed by atoms with van der Waals surface area (Å²) < 4.78 is 18.7. The molecule has 0 unspecified atom stereocenters. The van der Waals surface area contributed by atoms with Crippen LogP contribution in [0.4, 0.5) is 4.39 Å². The largest absolute Gasteiger partial charge is 0.465 e. The molecule has 3 aromatic rings. The molecule has 1 aromatic heterocycles. The van der Waals surface area contributed by atoms with Gasteiger partial charge in [-0.2, -0.15) is 0 Å². The maximum atomic E-state index is 14.0. The molecule has 0 aliphatic rings. The maximum absolute atomic E-state index is 14.0. The summed E-state index contributed by atoms with van der Waals surface area (Å²) in [6.07, 6.45) is 2.72. The zero-order valence-corrected chi connectivity index (χ0v) is 11.3. The molecule has 0 aliphatic heterocycles. The lowest BCUT2D eigenvalue weighted by atomic mass is 9.97. The van der Waals surface area contributed by atoms with Gasteiger partial charge in [-0.05, 0) is 34.5 Å². The van der Waals surface area contributed by atoms with Crippen molar-refractivity contribution in [2.45, 2.75) is 0 Å². The third-order valence-electron chi connectivity index (χ3n) is 3.37. The number of carbonyl (C=O) groups is 1. The van der Waals surface area contributed by atoms with Crippen molar-refractivity contribution >= 4 is 16.7 Å². The summed E-state index contributed by atoms with van der Waals surface area (Å²) >= 11 is 0. The second-order valence-corrected chi connectivity index (χ2v) is 4.59. The van der Waals surface area contributed by atoms with Gasteiger partial charge < -0.3 is 4.74 Å². The highest BCUT2D eigenvalue weighted by Gasteiger charge is 2.11. The van der Waals surface area contributed by atoms with Crippen molar-refractivity contribution in [1.82, 2.24) is 4.98 Å². The average Bonchev–Trinajstić information content (AvgIpc) is 2.53. The van der Waals surface area contributed by atoms with E-state index in [0.717, 1.165) is 16.3 Å². The third kappa shape index (κ3) is 2.36. The Morgan fingerprint density at radius 1 is 1.14 bits per heavy atom. The smallest absolute Gasteiger partial charge is 0.337 e.